The normalized spacial score (nSPS) is 22.1. The molecule has 0 amide bonds. The number of piperidine rings is 1. The van der Waals surface area contributed by atoms with E-state index < -0.39 is 21.9 Å². The molecule has 18 heavy (non-hydrogen) atoms. The van der Waals surface area contributed by atoms with Crippen LogP contribution in [0.1, 0.15) is 12.8 Å². The third-order valence-electron chi connectivity index (χ3n) is 2.87. The third kappa shape index (κ3) is 2.74. The van der Waals surface area contributed by atoms with E-state index in [1.807, 2.05) is 0 Å². The predicted octanol–water partition coefficient (Wildman–Crippen LogP) is 1.73. The van der Waals surface area contributed by atoms with E-state index in [1.165, 1.54) is 10.4 Å². The van der Waals surface area contributed by atoms with Crippen LogP contribution >= 0.6 is 15.9 Å². The van der Waals surface area contributed by atoms with E-state index in [0.29, 0.717) is 19.4 Å². The Hall–Kier alpha value is -0.500. The summed E-state index contributed by atoms with van der Waals surface area (Å²) in [6.07, 6.45) is 0.600. The quantitative estimate of drug-likeness (QED) is 0.894. The molecule has 1 aliphatic rings. The first kappa shape index (κ1) is 13.9. The highest BCUT2D eigenvalue weighted by Crippen LogP contribution is 2.27. The van der Waals surface area contributed by atoms with Crippen molar-refractivity contribution in [3.05, 3.63) is 28.5 Å². The fourth-order valence-electron chi connectivity index (χ4n) is 1.96. The second-order valence-corrected chi connectivity index (χ2v) is 6.99. The smallest absolute Gasteiger partial charge is 0.244 e. The number of nitrogens with zero attached hydrogens (tertiary/aromatic N) is 1. The first-order chi connectivity index (χ1) is 8.41. The van der Waals surface area contributed by atoms with Crippen LogP contribution in [0.4, 0.5) is 4.39 Å². The topological polar surface area (TPSA) is 57.6 Å². The van der Waals surface area contributed by atoms with Gasteiger partial charge in [-0.05, 0) is 47.0 Å². The first-order valence-electron chi connectivity index (χ1n) is 5.54. The number of hydrogen-bond donors (Lipinski definition) is 1. The lowest BCUT2D eigenvalue weighted by atomic mass is 10.1. The van der Waals surface area contributed by atoms with Gasteiger partial charge in [-0.2, -0.15) is 4.31 Å². The maximum Gasteiger partial charge on any atom is 0.244 e. The van der Waals surface area contributed by atoms with Crippen molar-refractivity contribution in [3.63, 3.8) is 0 Å². The molecule has 0 unspecified atom stereocenters. The standard InChI is InChI=1S/C11H13BrFNO3S/c12-10-6-8(13)3-4-11(10)18(16,17)14-5-1-2-9(15)7-14/h3-4,6,9,15H,1-2,5,7H2/t9-/m0/s1. The number of sulfonamides is 1. The Kier molecular flexibility index (Phi) is 4.05. The highest BCUT2D eigenvalue weighted by Gasteiger charge is 2.30. The number of benzene rings is 1. The highest BCUT2D eigenvalue weighted by molar-refractivity contribution is 9.10. The zero-order valence-corrected chi connectivity index (χ0v) is 11.9. The summed E-state index contributed by atoms with van der Waals surface area (Å²) in [4.78, 5) is 0.0259. The van der Waals surface area contributed by atoms with E-state index in [4.69, 9.17) is 0 Å². The van der Waals surface area contributed by atoms with Gasteiger partial charge in [0, 0.05) is 17.6 Å². The van der Waals surface area contributed by atoms with E-state index in [9.17, 15) is 17.9 Å². The summed E-state index contributed by atoms with van der Waals surface area (Å²) in [5.41, 5.74) is 0. The first-order valence-corrected chi connectivity index (χ1v) is 7.78. The Morgan fingerprint density at radius 3 is 2.78 bits per heavy atom. The number of aliphatic hydroxyl groups is 1. The number of rotatable bonds is 2. The van der Waals surface area contributed by atoms with E-state index in [0.717, 1.165) is 12.1 Å². The maximum absolute atomic E-state index is 13.0. The van der Waals surface area contributed by atoms with Crippen molar-refractivity contribution in [2.24, 2.45) is 0 Å². The van der Waals surface area contributed by atoms with Crippen LogP contribution in [-0.4, -0.2) is 37.0 Å². The van der Waals surface area contributed by atoms with Crippen molar-refractivity contribution < 1.29 is 17.9 Å². The average molecular weight is 338 g/mol. The van der Waals surface area contributed by atoms with Gasteiger partial charge in [0.15, 0.2) is 0 Å². The average Bonchev–Trinajstić information content (AvgIpc) is 2.28. The number of aliphatic hydroxyl groups excluding tert-OH is 1. The number of β-amino-alcohol motifs (C(OH)–C–C–N with tert-alkyl or cyclic N) is 1. The van der Waals surface area contributed by atoms with Crippen molar-refractivity contribution >= 4 is 26.0 Å². The summed E-state index contributed by atoms with van der Waals surface area (Å²) in [7, 11) is -3.68. The molecule has 1 fully saturated rings. The molecule has 7 heteroatoms. The molecule has 0 aliphatic carbocycles. The molecule has 1 aromatic carbocycles. The van der Waals surface area contributed by atoms with Gasteiger partial charge in [0.05, 0.1) is 11.0 Å². The van der Waals surface area contributed by atoms with Crippen LogP contribution in [0, 0.1) is 5.82 Å². The van der Waals surface area contributed by atoms with Crippen LogP contribution in [0.5, 0.6) is 0 Å². The van der Waals surface area contributed by atoms with Gasteiger partial charge in [-0.3, -0.25) is 0 Å². The Balaban J connectivity index is 2.35. The van der Waals surface area contributed by atoms with E-state index in [-0.39, 0.29) is 15.9 Å². The second kappa shape index (κ2) is 5.24. The Labute approximate surface area is 114 Å². The van der Waals surface area contributed by atoms with Crippen LogP contribution in [0.25, 0.3) is 0 Å². The Bertz CT molecular complexity index is 549. The molecule has 0 radical (unpaired) electrons. The molecular weight excluding hydrogens is 325 g/mol. The molecule has 100 valence electrons. The molecule has 0 spiro atoms. The molecular formula is C11H13BrFNO3S. The minimum atomic E-state index is -3.68. The summed E-state index contributed by atoms with van der Waals surface area (Å²) in [6.45, 7) is 0.468. The van der Waals surface area contributed by atoms with Crippen LogP contribution in [-0.2, 0) is 10.0 Å². The van der Waals surface area contributed by atoms with E-state index in [1.54, 1.807) is 0 Å². The van der Waals surface area contributed by atoms with Gasteiger partial charge in [0.1, 0.15) is 5.82 Å². The fraction of sp³-hybridized carbons (Fsp3) is 0.455. The summed E-state index contributed by atoms with van der Waals surface area (Å²) < 4.78 is 39.0. The zero-order valence-electron chi connectivity index (χ0n) is 9.51. The zero-order chi connectivity index (χ0) is 13.3. The Morgan fingerprint density at radius 2 is 2.17 bits per heavy atom. The lowest BCUT2D eigenvalue weighted by molar-refractivity contribution is 0.108. The van der Waals surface area contributed by atoms with E-state index >= 15 is 0 Å². The van der Waals surface area contributed by atoms with Crippen molar-refractivity contribution in [3.8, 4) is 0 Å². The van der Waals surface area contributed by atoms with Crippen molar-refractivity contribution in [2.45, 2.75) is 23.8 Å². The molecule has 1 saturated heterocycles. The number of halogens is 2. The van der Waals surface area contributed by atoms with Gasteiger partial charge < -0.3 is 5.11 Å². The SMILES string of the molecule is O=S(=O)(c1ccc(F)cc1Br)N1CCC[C@H](O)C1. The summed E-state index contributed by atoms with van der Waals surface area (Å²) in [6, 6.07) is 3.46. The van der Waals surface area contributed by atoms with Crippen molar-refractivity contribution in [2.75, 3.05) is 13.1 Å². The number of hydrogen-bond acceptors (Lipinski definition) is 3. The molecule has 1 heterocycles. The lowest BCUT2D eigenvalue weighted by Gasteiger charge is -2.29. The van der Waals surface area contributed by atoms with Gasteiger partial charge in [0.25, 0.3) is 0 Å². The highest BCUT2D eigenvalue weighted by atomic mass is 79.9. The van der Waals surface area contributed by atoms with Gasteiger partial charge in [-0.25, -0.2) is 12.8 Å². The maximum atomic E-state index is 13.0. The second-order valence-electron chi connectivity index (χ2n) is 4.23. The summed E-state index contributed by atoms with van der Waals surface area (Å²) >= 11 is 3.06. The van der Waals surface area contributed by atoms with Crippen LogP contribution in [0.3, 0.4) is 0 Å². The van der Waals surface area contributed by atoms with Gasteiger partial charge in [-0.15, -0.1) is 0 Å². The van der Waals surface area contributed by atoms with Crippen LogP contribution < -0.4 is 0 Å². The molecule has 0 bridgehead atoms. The molecule has 2 rings (SSSR count). The molecule has 4 nitrogen and oxygen atoms in total. The van der Waals surface area contributed by atoms with Gasteiger partial charge >= 0.3 is 0 Å². The van der Waals surface area contributed by atoms with Crippen LogP contribution in [0.2, 0.25) is 0 Å². The Morgan fingerprint density at radius 1 is 1.44 bits per heavy atom. The third-order valence-corrected chi connectivity index (χ3v) is 5.71. The van der Waals surface area contributed by atoms with E-state index in [2.05, 4.69) is 15.9 Å². The van der Waals surface area contributed by atoms with Crippen molar-refractivity contribution in [1.29, 1.82) is 0 Å². The lowest BCUT2D eigenvalue weighted by Crippen LogP contribution is -2.42. The van der Waals surface area contributed by atoms with Gasteiger partial charge in [-0.1, -0.05) is 0 Å². The summed E-state index contributed by atoms with van der Waals surface area (Å²) in [5, 5.41) is 9.53. The fourth-order valence-corrected chi connectivity index (χ4v) is 4.49. The minimum absolute atomic E-state index is 0.0259. The molecule has 1 atom stereocenters. The molecule has 0 saturated carbocycles. The molecule has 1 aliphatic heterocycles. The molecule has 0 aromatic heterocycles. The van der Waals surface area contributed by atoms with Crippen LogP contribution in [0.15, 0.2) is 27.6 Å². The monoisotopic (exact) mass is 337 g/mol. The predicted molar refractivity (Wildman–Crippen MR) is 68.1 cm³/mol. The summed E-state index contributed by atoms with van der Waals surface area (Å²) in [5.74, 6) is -0.500. The van der Waals surface area contributed by atoms with Crippen molar-refractivity contribution in [1.82, 2.24) is 4.31 Å². The van der Waals surface area contributed by atoms with Gasteiger partial charge in [0.2, 0.25) is 10.0 Å². The molecule has 1 N–H and O–H groups in total. The minimum Gasteiger partial charge on any atom is -0.392 e. The molecule has 1 aromatic rings. The largest absolute Gasteiger partial charge is 0.392 e.